The summed E-state index contributed by atoms with van der Waals surface area (Å²) in [5.41, 5.74) is 1.00. The maximum atomic E-state index is 10.7. The summed E-state index contributed by atoms with van der Waals surface area (Å²) in [4.78, 5) is 0. The Morgan fingerprint density at radius 3 is 2.71 bits per heavy atom. The summed E-state index contributed by atoms with van der Waals surface area (Å²) >= 11 is 3.22. The lowest BCUT2D eigenvalue weighted by molar-refractivity contribution is 0.471. The maximum Gasteiger partial charge on any atom is 0.209 e. The van der Waals surface area contributed by atoms with Crippen molar-refractivity contribution >= 4 is 26.0 Å². The second-order valence-corrected chi connectivity index (χ2v) is 6.27. The molecular weight excluding hydrogens is 308 g/mol. The Hall–Kier alpha value is -0.630. The number of aromatic hydroxyl groups is 1. The van der Waals surface area contributed by atoms with Crippen LogP contribution in [-0.4, -0.2) is 25.8 Å². The summed E-state index contributed by atoms with van der Waals surface area (Å²) in [6.07, 6.45) is 0.484. The minimum absolute atomic E-state index is 0.0146. The van der Waals surface area contributed by atoms with Crippen LogP contribution in [0.25, 0.3) is 0 Å². The molecule has 0 heterocycles. The van der Waals surface area contributed by atoms with Gasteiger partial charge in [-0.25, -0.2) is 13.6 Å². The van der Waals surface area contributed by atoms with Gasteiger partial charge in [-0.05, 0) is 46.6 Å². The van der Waals surface area contributed by atoms with Gasteiger partial charge in [-0.15, -0.1) is 0 Å². The van der Waals surface area contributed by atoms with Crippen molar-refractivity contribution < 1.29 is 13.5 Å². The molecule has 4 N–H and O–H groups in total. The van der Waals surface area contributed by atoms with Crippen LogP contribution in [0.1, 0.15) is 12.0 Å². The van der Waals surface area contributed by atoms with Gasteiger partial charge in [-0.2, -0.15) is 0 Å². The molecule has 0 unspecified atom stereocenters. The molecule has 0 amide bonds. The number of benzene rings is 1. The molecule has 17 heavy (non-hydrogen) atoms. The number of phenolic OH excluding ortho intramolecular Hbond substituents is 1. The lowest BCUT2D eigenvalue weighted by Crippen LogP contribution is -2.22. The molecule has 0 saturated heterocycles. The molecule has 0 fully saturated rings. The first-order chi connectivity index (χ1) is 7.88. The second kappa shape index (κ2) is 6.34. The van der Waals surface area contributed by atoms with Crippen LogP contribution in [0.3, 0.4) is 0 Å². The first-order valence-electron chi connectivity index (χ1n) is 5.07. The number of rotatable bonds is 6. The van der Waals surface area contributed by atoms with Crippen molar-refractivity contribution in [3.63, 3.8) is 0 Å². The van der Waals surface area contributed by atoms with Crippen LogP contribution >= 0.6 is 15.9 Å². The Kier molecular flexibility index (Phi) is 5.38. The third kappa shape index (κ3) is 6.02. The van der Waals surface area contributed by atoms with E-state index < -0.39 is 10.0 Å². The molecule has 0 spiro atoms. The molecule has 0 aliphatic rings. The highest BCUT2D eigenvalue weighted by Crippen LogP contribution is 2.24. The van der Waals surface area contributed by atoms with E-state index in [0.29, 0.717) is 24.0 Å². The minimum atomic E-state index is -3.36. The summed E-state index contributed by atoms with van der Waals surface area (Å²) in [7, 11) is -3.36. The zero-order valence-electron chi connectivity index (χ0n) is 9.19. The predicted molar refractivity (Wildman–Crippen MR) is 70.1 cm³/mol. The van der Waals surface area contributed by atoms with Crippen LogP contribution in [0, 0.1) is 0 Å². The van der Waals surface area contributed by atoms with Gasteiger partial charge in [0.2, 0.25) is 10.0 Å². The van der Waals surface area contributed by atoms with Crippen molar-refractivity contribution in [1.29, 1.82) is 0 Å². The standard InChI is InChI=1S/C10H15BrN2O3S/c11-9-6-8(2-3-10(9)14)7-13-4-1-5-17(12,15)16/h2-3,6,13-14H,1,4-5,7H2,(H2,12,15,16). The van der Waals surface area contributed by atoms with Crippen molar-refractivity contribution in [3.05, 3.63) is 28.2 Å². The number of phenols is 1. The SMILES string of the molecule is NS(=O)(=O)CCCNCc1ccc(O)c(Br)c1. The number of primary sulfonamides is 1. The molecule has 5 nitrogen and oxygen atoms in total. The van der Waals surface area contributed by atoms with Crippen molar-refractivity contribution in [3.8, 4) is 5.75 Å². The van der Waals surface area contributed by atoms with E-state index in [9.17, 15) is 13.5 Å². The van der Waals surface area contributed by atoms with Crippen molar-refractivity contribution in [1.82, 2.24) is 5.32 Å². The number of nitrogens with two attached hydrogens (primary N) is 1. The van der Waals surface area contributed by atoms with Crippen molar-refractivity contribution in [2.24, 2.45) is 5.14 Å². The summed E-state index contributed by atoms with van der Waals surface area (Å²) in [5, 5.41) is 17.3. The first-order valence-corrected chi connectivity index (χ1v) is 7.58. The third-order valence-corrected chi connectivity index (χ3v) is 3.62. The first kappa shape index (κ1) is 14.4. The van der Waals surface area contributed by atoms with E-state index in [-0.39, 0.29) is 11.5 Å². The molecule has 0 bridgehead atoms. The summed E-state index contributed by atoms with van der Waals surface area (Å²) in [6.45, 7) is 1.19. The number of hydrogen-bond acceptors (Lipinski definition) is 4. The van der Waals surface area contributed by atoms with Gasteiger partial charge in [-0.3, -0.25) is 0 Å². The summed E-state index contributed by atoms with van der Waals surface area (Å²) < 4.78 is 22.0. The zero-order valence-corrected chi connectivity index (χ0v) is 11.6. The quantitative estimate of drug-likeness (QED) is 0.679. The van der Waals surface area contributed by atoms with Crippen LogP contribution in [0.5, 0.6) is 5.75 Å². The van der Waals surface area contributed by atoms with Gasteiger partial charge in [0.05, 0.1) is 10.2 Å². The van der Waals surface area contributed by atoms with E-state index in [2.05, 4.69) is 21.2 Å². The average molecular weight is 323 g/mol. The fraction of sp³-hybridized carbons (Fsp3) is 0.400. The van der Waals surface area contributed by atoms with E-state index in [1.54, 1.807) is 12.1 Å². The fourth-order valence-electron chi connectivity index (χ4n) is 1.29. The van der Waals surface area contributed by atoms with E-state index in [0.717, 1.165) is 5.56 Å². The van der Waals surface area contributed by atoms with E-state index >= 15 is 0 Å². The molecular formula is C10H15BrN2O3S. The summed E-state index contributed by atoms with van der Waals surface area (Å²) in [6, 6.07) is 5.21. The fourth-order valence-corrected chi connectivity index (χ4v) is 2.26. The Balaban J connectivity index is 2.29. The maximum absolute atomic E-state index is 10.7. The minimum Gasteiger partial charge on any atom is -0.507 e. The van der Waals surface area contributed by atoms with Crippen LogP contribution in [-0.2, 0) is 16.6 Å². The van der Waals surface area contributed by atoms with Gasteiger partial charge in [0.15, 0.2) is 0 Å². The summed E-state index contributed by atoms with van der Waals surface area (Å²) in [5.74, 6) is 0.183. The van der Waals surface area contributed by atoms with Crippen LogP contribution < -0.4 is 10.5 Å². The Bertz CT molecular complexity index is 476. The van der Waals surface area contributed by atoms with Crippen molar-refractivity contribution in [2.75, 3.05) is 12.3 Å². The largest absolute Gasteiger partial charge is 0.507 e. The number of nitrogens with one attached hydrogen (secondary N) is 1. The highest BCUT2D eigenvalue weighted by molar-refractivity contribution is 9.10. The Labute approximate surface area is 109 Å². The lowest BCUT2D eigenvalue weighted by atomic mass is 10.2. The molecule has 1 aromatic rings. The normalized spacial score (nSPS) is 11.6. The highest BCUT2D eigenvalue weighted by Gasteiger charge is 2.02. The molecule has 96 valence electrons. The molecule has 0 aliphatic heterocycles. The van der Waals surface area contributed by atoms with Gasteiger partial charge in [-0.1, -0.05) is 6.07 Å². The molecule has 0 atom stereocenters. The second-order valence-electron chi connectivity index (χ2n) is 3.68. The molecule has 0 aliphatic carbocycles. The van der Waals surface area contributed by atoms with Crippen LogP contribution in [0.15, 0.2) is 22.7 Å². The number of halogens is 1. The predicted octanol–water partition coefficient (Wildman–Crippen LogP) is 0.923. The van der Waals surface area contributed by atoms with Gasteiger partial charge in [0.1, 0.15) is 5.75 Å². The van der Waals surface area contributed by atoms with Crippen LogP contribution in [0.4, 0.5) is 0 Å². The Morgan fingerprint density at radius 1 is 1.41 bits per heavy atom. The Morgan fingerprint density at radius 2 is 2.12 bits per heavy atom. The zero-order chi connectivity index (χ0) is 12.9. The van der Waals surface area contributed by atoms with Crippen LogP contribution in [0.2, 0.25) is 0 Å². The van der Waals surface area contributed by atoms with E-state index in [1.165, 1.54) is 0 Å². The molecule has 0 aromatic heterocycles. The molecule has 0 radical (unpaired) electrons. The lowest BCUT2D eigenvalue weighted by Gasteiger charge is -2.05. The van der Waals surface area contributed by atoms with E-state index in [4.69, 9.17) is 5.14 Å². The topological polar surface area (TPSA) is 92.4 Å². The van der Waals surface area contributed by atoms with Gasteiger partial charge in [0.25, 0.3) is 0 Å². The number of hydrogen-bond donors (Lipinski definition) is 3. The number of sulfonamides is 1. The third-order valence-electron chi connectivity index (χ3n) is 2.12. The smallest absolute Gasteiger partial charge is 0.209 e. The highest BCUT2D eigenvalue weighted by atomic mass is 79.9. The monoisotopic (exact) mass is 322 g/mol. The molecule has 1 rings (SSSR count). The molecule has 1 aromatic carbocycles. The van der Waals surface area contributed by atoms with Gasteiger partial charge < -0.3 is 10.4 Å². The van der Waals surface area contributed by atoms with Crippen molar-refractivity contribution in [2.45, 2.75) is 13.0 Å². The van der Waals surface area contributed by atoms with Gasteiger partial charge >= 0.3 is 0 Å². The van der Waals surface area contributed by atoms with E-state index in [1.807, 2.05) is 6.07 Å². The molecule has 0 saturated carbocycles. The van der Waals surface area contributed by atoms with Gasteiger partial charge in [0, 0.05) is 6.54 Å². The molecule has 7 heteroatoms. The average Bonchev–Trinajstić information content (AvgIpc) is 2.21.